The van der Waals surface area contributed by atoms with Crippen molar-refractivity contribution in [3.8, 4) is 0 Å². The normalized spacial score (nSPS) is 10.7. The molecule has 2 aromatic rings. The van der Waals surface area contributed by atoms with Gasteiger partial charge in [0.05, 0.1) is 0 Å². The molecule has 0 bridgehead atoms. The number of ether oxygens (including phenoxy) is 1. The Kier molecular flexibility index (Phi) is 5.49. The molecule has 0 fully saturated rings. The maximum Gasteiger partial charge on any atom is 0.157 e. The predicted octanol–water partition coefficient (Wildman–Crippen LogP) is 2.46. The highest BCUT2D eigenvalue weighted by molar-refractivity contribution is 7.99. The van der Waals surface area contributed by atoms with E-state index in [1.807, 2.05) is 32.9 Å². The third kappa shape index (κ3) is 4.66. The van der Waals surface area contributed by atoms with E-state index < -0.39 is 0 Å². The van der Waals surface area contributed by atoms with Gasteiger partial charge in [-0.25, -0.2) is 20.8 Å². The molecule has 2 rings (SSSR count). The van der Waals surface area contributed by atoms with Crippen LogP contribution in [-0.4, -0.2) is 21.6 Å². The molecular weight excluding hydrogens is 286 g/mol. The van der Waals surface area contributed by atoms with E-state index in [2.05, 4.69) is 20.4 Å². The van der Waals surface area contributed by atoms with Gasteiger partial charge < -0.3 is 10.2 Å². The Morgan fingerprint density at radius 1 is 1.14 bits per heavy atom. The molecule has 6 nitrogen and oxygen atoms in total. The Balaban J connectivity index is 2.25. The van der Waals surface area contributed by atoms with Gasteiger partial charge >= 0.3 is 0 Å². The molecule has 0 aliphatic rings. The fourth-order valence-electron chi connectivity index (χ4n) is 1.82. The average molecular weight is 305 g/mol. The number of nitrogens with one attached hydrogen (secondary N) is 1. The van der Waals surface area contributed by atoms with E-state index in [-0.39, 0.29) is 0 Å². The molecule has 3 N–H and O–H groups in total. The van der Waals surface area contributed by atoms with Crippen molar-refractivity contribution >= 4 is 17.6 Å². The molecule has 0 spiro atoms. The zero-order chi connectivity index (χ0) is 15.2. The lowest BCUT2D eigenvalue weighted by atomic mass is 10.3. The summed E-state index contributed by atoms with van der Waals surface area (Å²) in [5, 5.41) is 1.68. The molecule has 0 amide bonds. The summed E-state index contributed by atoms with van der Waals surface area (Å²) >= 11 is 1.48. The Bertz CT molecular complexity index is 600. The van der Waals surface area contributed by atoms with E-state index in [1.165, 1.54) is 17.3 Å². The average Bonchev–Trinajstić information content (AvgIpc) is 2.43. The van der Waals surface area contributed by atoms with Crippen molar-refractivity contribution in [1.29, 1.82) is 0 Å². The molecule has 0 aliphatic carbocycles. The van der Waals surface area contributed by atoms with Gasteiger partial charge in [0, 0.05) is 18.4 Å². The third-order valence-corrected chi connectivity index (χ3v) is 3.45. The summed E-state index contributed by atoms with van der Waals surface area (Å²) in [6.45, 7) is 6.93. The Labute approximate surface area is 128 Å². The van der Waals surface area contributed by atoms with Crippen molar-refractivity contribution in [2.75, 3.05) is 12.0 Å². The Morgan fingerprint density at radius 2 is 1.90 bits per heavy atom. The van der Waals surface area contributed by atoms with Crippen LogP contribution >= 0.6 is 11.8 Å². The number of hydrazine groups is 1. The van der Waals surface area contributed by atoms with Crippen LogP contribution in [0.1, 0.15) is 24.0 Å². The first-order chi connectivity index (χ1) is 10.1. The number of hydrogen-bond acceptors (Lipinski definition) is 7. The van der Waals surface area contributed by atoms with Crippen LogP contribution < -0.4 is 11.3 Å². The second-order valence-electron chi connectivity index (χ2n) is 4.52. The smallest absolute Gasteiger partial charge is 0.157 e. The lowest BCUT2D eigenvalue weighted by Gasteiger charge is -2.08. The van der Waals surface area contributed by atoms with Crippen molar-refractivity contribution in [3.05, 3.63) is 35.3 Å². The van der Waals surface area contributed by atoms with Crippen molar-refractivity contribution in [1.82, 2.24) is 15.0 Å². The van der Waals surface area contributed by atoms with Gasteiger partial charge in [-0.3, -0.25) is 0 Å². The SMILES string of the molecule is CCOCc1nc(NN)cc(Sc2cc(C)cc(C)n2)n1. The van der Waals surface area contributed by atoms with Gasteiger partial charge in [-0.1, -0.05) is 0 Å². The number of nitrogens with two attached hydrogens (primary N) is 1. The summed E-state index contributed by atoms with van der Waals surface area (Å²) in [6.07, 6.45) is 0. The molecule has 2 heterocycles. The molecule has 0 atom stereocenters. The largest absolute Gasteiger partial charge is 0.374 e. The summed E-state index contributed by atoms with van der Waals surface area (Å²) in [7, 11) is 0. The van der Waals surface area contributed by atoms with Crippen molar-refractivity contribution < 1.29 is 4.74 Å². The van der Waals surface area contributed by atoms with Crippen LogP contribution in [0.25, 0.3) is 0 Å². The van der Waals surface area contributed by atoms with Gasteiger partial charge in [-0.2, -0.15) is 0 Å². The van der Waals surface area contributed by atoms with E-state index in [0.29, 0.717) is 24.9 Å². The first kappa shape index (κ1) is 15.7. The molecule has 2 aromatic heterocycles. The van der Waals surface area contributed by atoms with E-state index >= 15 is 0 Å². The maximum atomic E-state index is 5.45. The van der Waals surface area contributed by atoms with Crippen LogP contribution in [-0.2, 0) is 11.3 Å². The van der Waals surface area contributed by atoms with Gasteiger partial charge in [0.25, 0.3) is 0 Å². The highest BCUT2D eigenvalue weighted by atomic mass is 32.2. The van der Waals surface area contributed by atoms with Crippen molar-refractivity contribution in [2.45, 2.75) is 37.4 Å². The molecule has 0 aliphatic heterocycles. The zero-order valence-electron chi connectivity index (χ0n) is 12.4. The van der Waals surface area contributed by atoms with Gasteiger partial charge in [0.15, 0.2) is 5.82 Å². The highest BCUT2D eigenvalue weighted by Gasteiger charge is 2.07. The summed E-state index contributed by atoms with van der Waals surface area (Å²) in [6, 6.07) is 5.86. The predicted molar refractivity (Wildman–Crippen MR) is 83.0 cm³/mol. The second-order valence-corrected chi connectivity index (χ2v) is 5.56. The molecule has 0 aromatic carbocycles. The molecular formula is C14H19N5OS. The van der Waals surface area contributed by atoms with E-state index in [0.717, 1.165) is 15.7 Å². The van der Waals surface area contributed by atoms with Crippen LogP contribution in [0.2, 0.25) is 0 Å². The zero-order valence-corrected chi connectivity index (χ0v) is 13.2. The number of rotatable bonds is 6. The van der Waals surface area contributed by atoms with E-state index in [4.69, 9.17) is 10.6 Å². The number of aromatic nitrogens is 3. The minimum Gasteiger partial charge on any atom is -0.374 e. The standard InChI is InChI=1S/C14H19N5OS/c1-4-20-8-12-17-11(19-15)7-14(18-12)21-13-6-9(2)5-10(3)16-13/h5-7H,4,8,15H2,1-3H3,(H,17,18,19). The monoisotopic (exact) mass is 305 g/mol. The first-order valence-electron chi connectivity index (χ1n) is 6.66. The highest BCUT2D eigenvalue weighted by Crippen LogP contribution is 2.27. The minimum atomic E-state index is 0.361. The number of anilines is 1. The number of hydrogen-bond donors (Lipinski definition) is 2. The van der Waals surface area contributed by atoms with E-state index in [1.54, 1.807) is 6.07 Å². The van der Waals surface area contributed by atoms with Crippen LogP contribution in [0.4, 0.5) is 5.82 Å². The molecule has 0 saturated heterocycles. The Hall–Kier alpha value is -1.70. The summed E-state index contributed by atoms with van der Waals surface area (Å²) in [5.41, 5.74) is 4.71. The second kappa shape index (κ2) is 7.35. The van der Waals surface area contributed by atoms with Crippen LogP contribution in [0.5, 0.6) is 0 Å². The summed E-state index contributed by atoms with van der Waals surface area (Å²) in [5.74, 6) is 6.61. The topological polar surface area (TPSA) is 86.0 Å². The van der Waals surface area contributed by atoms with Crippen LogP contribution in [0.15, 0.2) is 28.3 Å². The van der Waals surface area contributed by atoms with E-state index in [9.17, 15) is 0 Å². The lowest BCUT2D eigenvalue weighted by Crippen LogP contribution is -2.11. The number of nitrogen functional groups attached to an aromatic ring is 1. The van der Waals surface area contributed by atoms with Gasteiger partial charge in [-0.15, -0.1) is 0 Å². The molecule has 0 unspecified atom stereocenters. The van der Waals surface area contributed by atoms with Gasteiger partial charge in [0.2, 0.25) is 0 Å². The quantitative estimate of drug-likeness (QED) is 0.481. The molecule has 0 radical (unpaired) electrons. The maximum absolute atomic E-state index is 5.45. The molecule has 0 saturated carbocycles. The van der Waals surface area contributed by atoms with Crippen LogP contribution in [0, 0.1) is 13.8 Å². The Morgan fingerprint density at radius 3 is 2.57 bits per heavy atom. The summed E-state index contributed by atoms with van der Waals surface area (Å²) in [4.78, 5) is 13.2. The summed E-state index contributed by atoms with van der Waals surface area (Å²) < 4.78 is 5.34. The third-order valence-electron chi connectivity index (χ3n) is 2.62. The molecule has 112 valence electrons. The number of nitrogens with zero attached hydrogens (tertiary/aromatic N) is 3. The first-order valence-corrected chi connectivity index (χ1v) is 7.48. The fourth-order valence-corrected chi connectivity index (χ4v) is 2.79. The van der Waals surface area contributed by atoms with Crippen LogP contribution in [0.3, 0.4) is 0 Å². The minimum absolute atomic E-state index is 0.361. The number of aryl methyl sites for hydroxylation is 2. The lowest BCUT2D eigenvalue weighted by molar-refractivity contribution is 0.128. The fraction of sp³-hybridized carbons (Fsp3) is 0.357. The molecule has 7 heteroatoms. The van der Waals surface area contributed by atoms with Crippen molar-refractivity contribution in [3.63, 3.8) is 0 Å². The van der Waals surface area contributed by atoms with Gasteiger partial charge in [-0.05, 0) is 50.2 Å². The number of pyridine rings is 1. The van der Waals surface area contributed by atoms with Gasteiger partial charge in [0.1, 0.15) is 22.5 Å². The van der Waals surface area contributed by atoms with Crippen molar-refractivity contribution in [2.24, 2.45) is 5.84 Å². The molecule has 21 heavy (non-hydrogen) atoms.